The van der Waals surface area contributed by atoms with Crippen molar-refractivity contribution in [2.24, 2.45) is 0 Å². The number of hydrogen-bond acceptors (Lipinski definition) is 1. The second kappa shape index (κ2) is 3.88. The minimum absolute atomic E-state index is 0.118. The Morgan fingerprint density at radius 2 is 1.82 bits per heavy atom. The monoisotopic (exact) mass is 252 g/mol. The molecule has 2 aromatic carbocycles. The summed E-state index contributed by atoms with van der Waals surface area (Å²) >= 11 is 6.03. The molecular formula is C14H14ClFO. The largest absolute Gasteiger partial charge is 0.508 e. The number of fused-ring (bicyclic) bond motifs is 1. The number of phenolic OH excluding ortho intramolecular Hbond substituents is 1. The highest BCUT2D eigenvalue weighted by molar-refractivity contribution is 6.36. The van der Waals surface area contributed by atoms with Crippen molar-refractivity contribution in [2.45, 2.75) is 26.2 Å². The Kier molecular flexibility index (Phi) is 2.78. The molecule has 0 aliphatic carbocycles. The van der Waals surface area contributed by atoms with Crippen LogP contribution < -0.4 is 0 Å². The Labute approximate surface area is 105 Å². The van der Waals surface area contributed by atoms with E-state index in [4.69, 9.17) is 11.6 Å². The van der Waals surface area contributed by atoms with E-state index in [1.54, 1.807) is 18.2 Å². The van der Waals surface area contributed by atoms with E-state index in [2.05, 4.69) is 0 Å². The van der Waals surface area contributed by atoms with Gasteiger partial charge in [-0.05, 0) is 34.6 Å². The van der Waals surface area contributed by atoms with Crippen molar-refractivity contribution in [3.8, 4) is 5.75 Å². The zero-order valence-corrected chi connectivity index (χ0v) is 10.8. The van der Waals surface area contributed by atoms with Crippen LogP contribution in [0.25, 0.3) is 10.8 Å². The van der Waals surface area contributed by atoms with Crippen molar-refractivity contribution in [3.05, 3.63) is 40.7 Å². The molecule has 0 aliphatic rings. The summed E-state index contributed by atoms with van der Waals surface area (Å²) in [6, 6.07) is 6.19. The fraction of sp³-hybridized carbons (Fsp3) is 0.286. The third kappa shape index (κ3) is 2.09. The first kappa shape index (κ1) is 12.2. The lowest BCUT2D eigenvalue weighted by molar-refractivity contribution is 0.472. The molecule has 0 fully saturated rings. The van der Waals surface area contributed by atoms with Crippen LogP contribution in [0, 0.1) is 5.82 Å². The van der Waals surface area contributed by atoms with Crippen LogP contribution >= 0.6 is 11.6 Å². The Morgan fingerprint density at radius 1 is 1.18 bits per heavy atom. The van der Waals surface area contributed by atoms with Crippen molar-refractivity contribution >= 4 is 22.4 Å². The van der Waals surface area contributed by atoms with Crippen LogP contribution in [0.3, 0.4) is 0 Å². The molecule has 90 valence electrons. The van der Waals surface area contributed by atoms with Gasteiger partial charge in [-0.25, -0.2) is 4.39 Å². The first-order valence-electron chi connectivity index (χ1n) is 5.42. The topological polar surface area (TPSA) is 20.2 Å². The van der Waals surface area contributed by atoms with Crippen LogP contribution in [0.5, 0.6) is 5.75 Å². The van der Waals surface area contributed by atoms with Crippen LogP contribution in [0.4, 0.5) is 4.39 Å². The average molecular weight is 253 g/mol. The maximum absolute atomic E-state index is 13.5. The third-order valence-electron chi connectivity index (χ3n) is 2.80. The van der Waals surface area contributed by atoms with Gasteiger partial charge < -0.3 is 5.11 Å². The Balaban J connectivity index is 2.95. The van der Waals surface area contributed by atoms with Crippen molar-refractivity contribution in [1.82, 2.24) is 0 Å². The van der Waals surface area contributed by atoms with E-state index < -0.39 is 5.82 Å². The molecular weight excluding hydrogens is 239 g/mol. The smallest absolute Gasteiger partial charge is 0.142 e. The first-order valence-corrected chi connectivity index (χ1v) is 5.79. The van der Waals surface area contributed by atoms with E-state index in [0.29, 0.717) is 5.39 Å². The summed E-state index contributed by atoms with van der Waals surface area (Å²) in [5, 5.41) is 11.2. The van der Waals surface area contributed by atoms with Gasteiger partial charge in [0, 0.05) is 5.39 Å². The molecule has 3 heteroatoms. The van der Waals surface area contributed by atoms with Crippen molar-refractivity contribution in [2.75, 3.05) is 0 Å². The fourth-order valence-electron chi connectivity index (χ4n) is 1.97. The van der Waals surface area contributed by atoms with E-state index >= 15 is 0 Å². The van der Waals surface area contributed by atoms with Crippen LogP contribution in [0.2, 0.25) is 5.02 Å². The van der Waals surface area contributed by atoms with Gasteiger partial charge in [0.15, 0.2) is 0 Å². The Morgan fingerprint density at radius 3 is 2.41 bits per heavy atom. The molecule has 0 unspecified atom stereocenters. The summed E-state index contributed by atoms with van der Waals surface area (Å²) in [5.74, 6) is -0.263. The van der Waals surface area contributed by atoms with Gasteiger partial charge in [-0.2, -0.15) is 0 Å². The molecule has 0 spiro atoms. The second-order valence-corrected chi connectivity index (χ2v) is 5.58. The predicted octanol–water partition coefficient (Wildman–Crippen LogP) is 4.64. The molecule has 2 rings (SSSR count). The molecule has 0 saturated heterocycles. The zero-order chi connectivity index (χ0) is 12.8. The molecule has 0 radical (unpaired) electrons. The molecule has 0 aliphatic heterocycles. The lowest BCUT2D eigenvalue weighted by Crippen LogP contribution is -2.12. The van der Waals surface area contributed by atoms with E-state index in [9.17, 15) is 9.50 Å². The van der Waals surface area contributed by atoms with Gasteiger partial charge in [-0.3, -0.25) is 0 Å². The normalized spacial score (nSPS) is 12.1. The molecule has 1 N–H and O–H groups in total. The van der Waals surface area contributed by atoms with E-state index in [0.717, 1.165) is 10.9 Å². The molecule has 0 heterocycles. The average Bonchev–Trinajstić information content (AvgIpc) is 2.21. The molecule has 0 atom stereocenters. The lowest BCUT2D eigenvalue weighted by Gasteiger charge is -2.22. The fourth-order valence-corrected chi connectivity index (χ4v) is 2.25. The summed E-state index contributed by atoms with van der Waals surface area (Å²) in [4.78, 5) is 0. The second-order valence-electron chi connectivity index (χ2n) is 5.20. The summed E-state index contributed by atoms with van der Waals surface area (Å²) in [5.41, 5.74) is 0.631. The molecule has 0 amide bonds. The van der Waals surface area contributed by atoms with Crippen molar-refractivity contribution in [1.29, 1.82) is 0 Å². The SMILES string of the molecule is CC(C)(C)c1cc(O)cc2ccc(F)c(Cl)c12. The molecule has 1 nitrogen and oxygen atoms in total. The van der Waals surface area contributed by atoms with E-state index in [-0.39, 0.29) is 16.2 Å². The van der Waals surface area contributed by atoms with Crippen LogP contribution in [0.15, 0.2) is 24.3 Å². The molecule has 0 aromatic heterocycles. The molecule has 0 bridgehead atoms. The highest BCUT2D eigenvalue weighted by Crippen LogP contribution is 2.38. The van der Waals surface area contributed by atoms with Gasteiger partial charge >= 0.3 is 0 Å². The van der Waals surface area contributed by atoms with Crippen LogP contribution in [-0.2, 0) is 5.41 Å². The predicted molar refractivity (Wildman–Crippen MR) is 69.3 cm³/mol. The first-order chi connectivity index (χ1) is 7.80. The number of benzene rings is 2. The summed E-state index contributed by atoms with van der Waals surface area (Å²) in [7, 11) is 0. The molecule has 2 aromatic rings. The van der Waals surface area contributed by atoms with Gasteiger partial charge in [-0.1, -0.05) is 38.4 Å². The van der Waals surface area contributed by atoms with Gasteiger partial charge in [0.25, 0.3) is 0 Å². The van der Waals surface area contributed by atoms with Crippen LogP contribution in [-0.4, -0.2) is 5.11 Å². The van der Waals surface area contributed by atoms with Gasteiger partial charge in [0.2, 0.25) is 0 Å². The zero-order valence-electron chi connectivity index (χ0n) is 10.0. The van der Waals surface area contributed by atoms with Gasteiger partial charge in [-0.15, -0.1) is 0 Å². The quantitative estimate of drug-likeness (QED) is 0.724. The number of aromatic hydroxyl groups is 1. The van der Waals surface area contributed by atoms with E-state index in [1.807, 2.05) is 20.8 Å². The Hall–Kier alpha value is -1.28. The standard InChI is InChI=1S/C14H14ClFO/c1-14(2,3)10-7-9(17)6-8-4-5-11(16)13(15)12(8)10/h4-7,17H,1-3H3. The maximum Gasteiger partial charge on any atom is 0.142 e. The lowest BCUT2D eigenvalue weighted by atomic mass is 9.83. The van der Waals surface area contributed by atoms with Crippen molar-refractivity contribution < 1.29 is 9.50 Å². The number of phenols is 1. The molecule has 0 saturated carbocycles. The van der Waals surface area contributed by atoms with Gasteiger partial charge in [0.1, 0.15) is 11.6 Å². The highest BCUT2D eigenvalue weighted by Gasteiger charge is 2.20. The summed E-state index contributed by atoms with van der Waals surface area (Å²) in [6.45, 7) is 6.01. The van der Waals surface area contributed by atoms with Gasteiger partial charge in [0.05, 0.1) is 5.02 Å². The minimum atomic E-state index is -0.435. The number of hydrogen-bond donors (Lipinski definition) is 1. The third-order valence-corrected chi connectivity index (χ3v) is 3.17. The summed E-state index contributed by atoms with van der Waals surface area (Å²) in [6.07, 6.45) is 0. The number of rotatable bonds is 0. The minimum Gasteiger partial charge on any atom is -0.508 e. The molecule has 17 heavy (non-hydrogen) atoms. The van der Waals surface area contributed by atoms with Crippen molar-refractivity contribution in [3.63, 3.8) is 0 Å². The number of halogens is 2. The maximum atomic E-state index is 13.5. The van der Waals surface area contributed by atoms with Crippen LogP contribution in [0.1, 0.15) is 26.3 Å². The van der Waals surface area contributed by atoms with E-state index in [1.165, 1.54) is 6.07 Å². The summed E-state index contributed by atoms with van der Waals surface area (Å²) < 4.78 is 13.5. The Bertz CT molecular complexity index is 585. The highest BCUT2D eigenvalue weighted by atomic mass is 35.5.